The number of halogens is 1. The van der Waals surface area contributed by atoms with E-state index in [4.69, 9.17) is 17.3 Å². The lowest BCUT2D eigenvalue weighted by Crippen LogP contribution is -2.46. The van der Waals surface area contributed by atoms with Gasteiger partial charge in [-0.15, -0.1) is 0 Å². The van der Waals surface area contributed by atoms with Crippen molar-refractivity contribution in [3.63, 3.8) is 0 Å². The zero-order valence-electron chi connectivity index (χ0n) is 11.0. The topological polar surface area (TPSA) is 66.6 Å². The Kier molecular flexibility index (Phi) is 4.32. The lowest BCUT2D eigenvalue weighted by molar-refractivity contribution is 0.0268. The van der Waals surface area contributed by atoms with Crippen molar-refractivity contribution >= 4 is 23.2 Å². The molecule has 2 rings (SSSR count). The first kappa shape index (κ1) is 14.2. The van der Waals surface area contributed by atoms with E-state index in [0.717, 1.165) is 25.7 Å². The molecule has 0 aromatic heterocycles. The number of carbonyl (C=O) groups is 1. The molecule has 1 saturated carbocycles. The van der Waals surface area contributed by atoms with Gasteiger partial charge in [0.1, 0.15) is 0 Å². The van der Waals surface area contributed by atoms with Crippen LogP contribution in [0.15, 0.2) is 18.2 Å². The molecular weight excluding hydrogens is 264 g/mol. The number of amides is 1. The molecule has 1 aromatic carbocycles. The average Bonchev–Trinajstić information content (AvgIpc) is 2.36. The third-order valence-corrected chi connectivity index (χ3v) is 3.90. The van der Waals surface area contributed by atoms with Crippen molar-refractivity contribution in [3.8, 4) is 0 Å². The van der Waals surface area contributed by atoms with Gasteiger partial charge in [-0.3, -0.25) is 4.79 Å². The molecule has 5 heteroatoms. The summed E-state index contributed by atoms with van der Waals surface area (Å²) in [5.41, 5.74) is 6.63. The van der Waals surface area contributed by atoms with E-state index < -0.39 is 6.10 Å². The van der Waals surface area contributed by atoms with Crippen LogP contribution < -0.4 is 5.73 Å². The molecule has 0 bridgehead atoms. The number of aliphatic hydroxyl groups is 1. The Morgan fingerprint density at radius 3 is 2.68 bits per heavy atom. The van der Waals surface area contributed by atoms with Gasteiger partial charge in [-0.05, 0) is 31.0 Å². The molecule has 4 nitrogen and oxygen atoms in total. The molecule has 0 heterocycles. The molecule has 104 valence electrons. The number of nitrogens with two attached hydrogens (primary N) is 1. The molecule has 2 atom stereocenters. The van der Waals surface area contributed by atoms with Crippen LogP contribution in [0.5, 0.6) is 0 Å². The van der Waals surface area contributed by atoms with Gasteiger partial charge < -0.3 is 15.7 Å². The number of rotatable bonds is 2. The molecule has 1 amide bonds. The number of likely N-dealkylation sites (N-methyl/N-ethyl adjacent to an activating group) is 1. The fourth-order valence-electron chi connectivity index (χ4n) is 2.63. The minimum absolute atomic E-state index is 0.124. The summed E-state index contributed by atoms with van der Waals surface area (Å²) in [6.45, 7) is 0. The van der Waals surface area contributed by atoms with E-state index in [9.17, 15) is 9.90 Å². The second-order valence-electron chi connectivity index (χ2n) is 5.11. The molecule has 3 N–H and O–H groups in total. The number of carbonyl (C=O) groups excluding carboxylic acids is 1. The lowest BCUT2D eigenvalue weighted by Gasteiger charge is -2.35. The van der Waals surface area contributed by atoms with Gasteiger partial charge in [-0.2, -0.15) is 0 Å². The maximum Gasteiger partial charge on any atom is 0.254 e. The lowest BCUT2D eigenvalue weighted by atomic mass is 9.91. The van der Waals surface area contributed by atoms with Gasteiger partial charge in [-0.1, -0.05) is 24.4 Å². The number of nitrogens with zero attached hydrogens (tertiary/aromatic N) is 1. The van der Waals surface area contributed by atoms with E-state index in [0.29, 0.717) is 16.3 Å². The summed E-state index contributed by atoms with van der Waals surface area (Å²) in [4.78, 5) is 14.0. The number of aliphatic hydroxyl groups excluding tert-OH is 1. The van der Waals surface area contributed by atoms with Crippen molar-refractivity contribution in [3.05, 3.63) is 28.8 Å². The zero-order chi connectivity index (χ0) is 14.0. The van der Waals surface area contributed by atoms with Crippen molar-refractivity contribution in [1.29, 1.82) is 0 Å². The van der Waals surface area contributed by atoms with Crippen LogP contribution in [0.3, 0.4) is 0 Å². The van der Waals surface area contributed by atoms with E-state index in [1.54, 1.807) is 30.1 Å². The summed E-state index contributed by atoms with van der Waals surface area (Å²) in [7, 11) is 1.72. The van der Waals surface area contributed by atoms with Crippen molar-refractivity contribution in [2.24, 2.45) is 0 Å². The number of hydrogen-bond donors (Lipinski definition) is 2. The molecule has 1 aromatic rings. The number of benzene rings is 1. The van der Waals surface area contributed by atoms with Crippen molar-refractivity contribution in [2.75, 3.05) is 12.8 Å². The number of anilines is 1. The minimum atomic E-state index is -0.445. The van der Waals surface area contributed by atoms with E-state index in [-0.39, 0.29) is 11.9 Å². The van der Waals surface area contributed by atoms with Crippen LogP contribution in [0.25, 0.3) is 0 Å². The molecule has 0 spiro atoms. The van der Waals surface area contributed by atoms with Gasteiger partial charge >= 0.3 is 0 Å². The summed E-state index contributed by atoms with van der Waals surface area (Å²) in [5, 5.41) is 10.4. The Bertz CT molecular complexity index is 458. The van der Waals surface area contributed by atoms with Crippen molar-refractivity contribution in [1.82, 2.24) is 4.90 Å². The van der Waals surface area contributed by atoms with Gasteiger partial charge in [0.15, 0.2) is 0 Å². The molecular formula is C14H19ClN2O2. The van der Waals surface area contributed by atoms with Crippen LogP contribution in [0.1, 0.15) is 36.0 Å². The number of hydrogen-bond acceptors (Lipinski definition) is 3. The fourth-order valence-corrected chi connectivity index (χ4v) is 2.88. The predicted molar refractivity (Wildman–Crippen MR) is 76.2 cm³/mol. The summed E-state index contributed by atoms with van der Waals surface area (Å²) < 4.78 is 0. The molecule has 1 aliphatic carbocycles. The standard InChI is InChI=1S/C14H19ClN2O2/c1-17(12-4-2-3-5-13(12)18)14(19)9-6-10(15)8-11(16)7-9/h6-8,12-13,18H,2-5,16H2,1H3. The normalized spacial score (nSPS) is 23.1. The van der Waals surface area contributed by atoms with Crippen LogP contribution in [-0.4, -0.2) is 35.1 Å². The highest BCUT2D eigenvalue weighted by Gasteiger charge is 2.29. The van der Waals surface area contributed by atoms with Crippen LogP contribution in [0.2, 0.25) is 5.02 Å². The predicted octanol–water partition coefficient (Wildman–Crippen LogP) is 2.30. The molecule has 0 aliphatic heterocycles. The molecule has 2 unspecified atom stereocenters. The summed E-state index contributed by atoms with van der Waals surface area (Å²) in [6.07, 6.45) is 3.19. The van der Waals surface area contributed by atoms with Gasteiger partial charge in [0.05, 0.1) is 12.1 Å². The van der Waals surface area contributed by atoms with Gasteiger partial charge in [0, 0.05) is 23.3 Å². The molecule has 0 saturated heterocycles. The Hall–Kier alpha value is -1.26. The third kappa shape index (κ3) is 3.19. The first-order valence-electron chi connectivity index (χ1n) is 6.50. The number of nitrogen functional groups attached to an aromatic ring is 1. The van der Waals surface area contributed by atoms with E-state index >= 15 is 0 Å². The van der Waals surface area contributed by atoms with E-state index in [1.807, 2.05) is 0 Å². The minimum Gasteiger partial charge on any atom is -0.399 e. The van der Waals surface area contributed by atoms with Crippen LogP contribution >= 0.6 is 11.6 Å². The molecule has 1 aliphatic rings. The summed E-state index contributed by atoms with van der Waals surface area (Å²) >= 11 is 5.91. The maximum atomic E-state index is 12.4. The monoisotopic (exact) mass is 282 g/mol. The molecule has 1 fully saturated rings. The highest BCUT2D eigenvalue weighted by Crippen LogP contribution is 2.25. The second kappa shape index (κ2) is 5.80. The first-order valence-corrected chi connectivity index (χ1v) is 6.88. The molecule has 0 radical (unpaired) electrons. The highest BCUT2D eigenvalue weighted by atomic mass is 35.5. The second-order valence-corrected chi connectivity index (χ2v) is 5.54. The van der Waals surface area contributed by atoms with Gasteiger partial charge in [0.2, 0.25) is 0 Å². The van der Waals surface area contributed by atoms with Gasteiger partial charge in [0.25, 0.3) is 5.91 Å². The quantitative estimate of drug-likeness (QED) is 0.818. The fraction of sp³-hybridized carbons (Fsp3) is 0.500. The Morgan fingerprint density at radius 1 is 1.37 bits per heavy atom. The van der Waals surface area contributed by atoms with E-state index in [1.165, 1.54) is 0 Å². The zero-order valence-corrected chi connectivity index (χ0v) is 11.7. The maximum absolute atomic E-state index is 12.4. The van der Waals surface area contributed by atoms with Crippen molar-refractivity contribution < 1.29 is 9.90 Å². The highest BCUT2D eigenvalue weighted by molar-refractivity contribution is 6.31. The Balaban J connectivity index is 2.18. The summed E-state index contributed by atoms with van der Waals surface area (Å²) in [5.74, 6) is -0.153. The van der Waals surface area contributed by atoms with Crippen LogP contribution in [0.4, 0.5) is 5.69 Å². The van der Waals surface area contributed by atoms with Gasteiger partial charge in [-0.25, -0.2) is 0 Å². The van der Waals surface area contributed by atoms with Crippen LogP contribution in [-0.2, 0) is 0 Å². The average molecular weight is 283 g/mol. The third-order valence-electron chi connectivity index (χ3n) is 3.68. The summed E-state index contributed by atoms with van der Waals surface area (Å²) in [6, 6.07) is 4.70. The molecule has 19 heavy (non-hydrogen) atoms. The largest absolute Gasteiger partial charge is 0.399 e. The van der Waals surface area contributed by atoms with Crippen LogP contribution in [0, 0.1) is 0 Å². The Morgan fingerprint density at radius 2 is 2.05 bits per heavy atom. The van der Waals surface area contributed by atoms with Crippen molar-refractivity contribution in [2.45, 2.75) is 37.8 Å². The van der Waals surface area contributed by atoms with E-state index in [2.05, 4.69) is 0 Å². The Labute approximate surface area is 118 Å². The smallest absolute Gasteiger partial charge is 0.254 e. The SMILES string of the molecule is CN(C(=O)c1cc(N)cc(Cl)c1)C1CCCCC1O. The first-order chi connectivity index (χ1) is 8.99.